The number of hydrogen-bond acceptors (Lipinski definition) is 5. The normalized spacial score (nSPS) is 14.0. The van der Waals surface area contributed by atoms with E-state index < -0.39 is 0 Å². The number of aryl methyl sites for hydroxylation is 2. The first kappa shape index (κ1) is 17.5. The van der Waals surface area contributed by atoms with Crippen LogP contribution in [0.5, 0.6) is 0 Å². The summed E-state index contributed by atoms with van der Waals surface area (Å²) in [5.41, 5.74) is 3.07. The van der Waals surface area contributed by atoms with Crippen LogP contribution in [0.2, 0.25) is 0 Å². The number of hydrogen-bond donors (Lipinski definition) is 1. The van der Waals surface area contributed by atoms with Gasteiger partial charge in [0.2, 0.25) is 5.91 Å². The van der Waals surface area contributed by atoms with Crippen molar-refractivity contribution in [2.24, 2.45) is 0 Å². The topological polar surface area (TPSA) is 75.4 Å². The fourth-order valence-electron chi connectivity index (χ4n) is 3.22. The molecule has 6 nitrogen and oxygen atoms in total. The molecule has 1 aromatic carbocycles. The van der Waals surface area contributed by atoms with Crippen LogP contribution in [-0.4, -0.2) is 23.3 Å². The van der Waals surface area contributed by atoms with Crippen LogP contribution in [0.15, 0.2) is 40.1 Å². The van der Waals surface area contributed by atoms with E-state index in [2.05, 4.69) is 10.3 Å². The van der Waals surface area contributed by atoms with Crippen LogP contribution < -0.4 is 10.2 Å². The van der Waals surface area contributed by atoms with Gasteiger partial charge < -0.3 is 9.32 Å². The highest BCUT2D eigenvalue weighted by Crippen LogP contribution is 2.30. The van der Waals surface area contributed by atoms with Crippen molar-refractivity contribution in [3.63, 3.8) is 0 Å². The van der Waals surface area contributed by atoms with E-state index in [1.165, 1.54) is 11.3 Å². The minimum Gasteiger partial charge on any atom is -0.466 e. The summed E-state index contributed by atoms with van der Waals surface area (Å²) in [5, 5.41) is 5.26. The van der Waals surface area contributed by atoms with Crippen molar-refractivity contribution in [3.8, 4) is 11.3 Å². The van der Waals surface area contributed by atoms with Gasteiger partial charge in [0.15, 0.2) is 5.13 Å². The molecule has 138 valence electrons. The van der Waals surface area contributed by atoms with Gasteiger partial charge in [0.05, 0.1) is 5.69 Å². The highest BCUT2D eigenvalue weighted by atomic mass is 32.1. The van der Waals surface area contributed by atoms with Gasteiger partial charge in [-0.25, -0.2) is 4.98 Å². The molecule has 1 aliphatic heterocycles. The standard InChI is InChI=1S/C20H19N3O3S/c1-12-10-16(13(2)26-12)17-11-27-20(21-17)22-19(25)14-5-7-15(8-6-14)23-9-3-4-18(23)24/h5-8,10-11H,3-4,9H2,1-2H3,(H,21,22,25). The molecule has 2 amide bonds. The van der Waals surface area contributed by atoms with E-state index in [0.717, 1.165) is 41.4 Å². The highest BCUT2D eigenvalue weighted by molar-refractivity contribution is 7.14. The number of carbonyl (C=O) groups is 2. The molecular weight excluding hydrogens is 362 g/mol. The first-order valence-corrected chi connectivity index (χ1v) is 9.64. The monoisotopic (exact) mass is 381 g/mol. The van der Waals surface area contributed by atoms with Gasteiger partial charge in [-0.2, -0.15) is 0 Å². The summed E-state index contributed by atoms with van der Waals surface area (Å²) in [5.74, 6) is 1.54. The average molecular weight is 381 g/mol. The summed E-state index contributed by atoms with van der Waals surface area (Å²) in [6, 6.07) is 9.02. The molecule has 1 fully saturated rings. The molecule has 0 spiro atoms. The van der Waals surface area contributed by atoms with Gasteiger partial charge in [0.25, 0.3) is 5.91 Å². The minimum atomic E-state index is -0.227. The molecule has 27 heavy (non-hydrogen) atoms. The summed E-state index contributed by atoms with van der Waals surface area (Å²) < 4.78 is 5.54. The number of rotatable bonds is 4. The SMILES string of the molecule is Cc1cc(-c2csc(NC(=O)c3ccc(N4CCCC4=O)cc3)n2)c(C)o1. The van der Waals surface area contributed by atoms with Crippen LogP contribution in [0.3, 0.4) is 0 Å². The number of benzene rings is 1. The predicted molar refractivity (Wildman–Crippen MR) is 105 cm³/mol. The van der Waals surface area contributed by atoms with Crippen LogP contribution in [-0.2, 0) is 4.79 Å². The lowest BCUT2D eigenvalue weighted by molar-refractivity contribution is -0.117. The number of aromatic nitrogens is 1. The molecule has 1 N–H and O–H groups in total. The first-order valence-electron chi connectivity index (χ1n) is 8.76. The van der Waals surface area contributed by atoms with Crippen LogP contribution in [0.25, 0.3) is 11.3 Å². The van der Waals surface area contributed by atoms with Gasteiger partial charge in [0.1, 0.15) is 11.5 Å². The first-order chi connectivity index (χ1) is 13.0. The lowest BCUT2D eigenvalue weighted by atomic mass is 10.2. The van der Waals surface area contributed by atoms with Crippen molar-refractivity contribution < 1.29 is 14.0 Å². The zero-order valence-electron chi connectivity index (χ0n) is 15.1. The average Bonchev–Trinajstić information content (AvgIpc) is 3.35. The molecule has 2 aromatic heterocycles. The quantitative estimate of drug-likeness (QED) is 0.727. The second-order valence-corrected chi connectivity index (χ2v) is 7.37. The Hall–Kier alpha value is -2.93. The van der Waals surface area contributed by atoms with Gasteiger partial charge in [0, 0.05) is 35.2 Å². The van der Waals surface area contributed by atoms with Crippen molar-refractivity contribution in [2.45, 2.75) is 26.7 Å². The van der Waals surface area contributed by atoms with Crippen LogP contribution in [0.4, 0.5) is 10.8 Å². The summed E-state index contributed by atoms with van der Waals surface area (Å²) in [6.07, 6.45) is 1.47. The summed E-state index contributed by atoms with van der Waals surface area (Å²) in [6.45, 7) is 4.52. The van der Waals surface area contributed by atoms with E-state index in [0.29, 0.717) is 17.1 Å². The number of carbonyl (C=O) groups excluding carboxylic acids is 2. The second kappa shape index (κ2) is 7.00. The molecule has 4 rings (SSSR count). The maximum Gasteiger partial charge on any atom is 0.257 e. The van der Waals surface area contributed by atoms with Gasteiger partial charge in [-0.3, -0.25) is 14.9 Å². The number of amides is 2. The van der Waals surface area contributed by atoms with Crippen LogP contribution in [0.1, 0.15) is 34.7 Å². The van der Waals surface area contributed by atoms with E-state index in [-0.39, 0.29) is 11.8 Å². The zero-order valence-corrected chi connectivity index (χ0v) is 15.9. The van der Waals surface area contributed by atoms with Crippen molar-refractivity contribution in [1.29, 1.82) is 0 Å². The van der Waals surface area contributed by atoms with Gasteiger partial charge >= 0.3 is 0 Å². The van der Waals surface area contributed by atoms with E-state index in [9.17, 15) is 9.59 Å². The molecular formula is C20H19N3O3S. The number of thiazole rings is 1. The van der Waals surface area contributed by atoms with E-state index >= 15 is 0 Å². The third-order valence-electron chi connectivity index (χ3n) is 4.56. The smallest absolute Gasteiger partial charge is 0.257 e. The summed E-state index contributed by atoms with van der Waals surface area (Å²) in [7, 11) is 0. The molecule has 0 bridgehead atoms. The Labute approximate surface area is 160 Å². The molecule has 0 unspecified atom stereocenters. The van der Waals surface area contributed by atoms with Gasteiger partial charge in [-0.05, 0) is 50.6 Å². The van der Waals surface area contributed by atoms with E-state index in [4.69, 9.17) is 4.42 Å². The van der Waals surface area contributed by atoms with Crippen molar-refractivity contribution in [1.82, 2.24) is 4.98 Å². The second-order valence-electron chi connectivity index (χ2n) is 6.51. The molecule has 3 aromatic rings. The van der Waals surface area contributed by atoms with E-state index in [1.807, 2.05) is 37.4 Å². The number of anilines is 2. The summed E-state index contributed by atoms with van der Waals surface area (Å²) >= 11 is 1.37. The van der Waals surface area contributed by atoms with Crippen LogP contribution in [0, 0.1) is 13.8 Å². The van der Waals surface area contributed by atoms with Crippen LogP contribution >= 0.6 is 11.3 Å². The molecule has 1 aliphatic rings. The molecule has 1 saturated heterocycles. The Morgan fingerprint density at radius 3 is 2.67 bits per heavy atom. The highest BCUT2D eigenvalue weighted by Gasteiger charge is 2.21. The molecule has 0 atom stereocenters. The van der Waals surface area contributed by atoms with Gasteiger partial charge in [-0.15, -0.1) is 11.3 Å². The molecule has 0 saturated carbocycles. The lowest BCUT2D eigenvalue weighted by Crippen LogP contribution is -2.23. The lowest BCUT2D eigenvalue weighted by Gasteiger charge is -2.15. The maximum absolute atomic E-state index is 12.5. The number of nitrogens with one attached hydrogen (secondary N) is 1. The predicted octanol–water partition coefficient (Wildman–Crippen LogP) is 4.40. The van der Waals surface area contributed by atoms with Crippen molar-refractivity contribution in [2.75, 3.05) is 16.8 Å². The molecule has 0 radical (unpaired) electrons. The fraction of sp³-hybridized carbons (Fsp3) is 0.250. The largest absolute Gasteiger partial charge is 0.466 e. The summed E-state index contributed by atoms with van der Waals surface area (Å²) in [4.78, 5) is 30.5. The van der Waals surface area contributed by atoms with E-state index in [1.54, 1.807) is 17.0 Å². The zero-order chi connectivity index (χ0) is 19.0. The Kier molecular flexibility index (Phi) is 4.53. The molecule has 3 heterocycles. The molecule has 7 heteroatoms. The third-order valence-corrected chi connectivity index (χ3v) is 5.31. The minimum absolute atomic E-state index is 0.132. The van der Waals surface area contributed by atoms with Crippen molar-refractivity contribution in [3.05, 3.63) is 52.8 Å². The number of nitrogens with zero attached hydrogens (tertiary/aromatic N) is 2. The Balaban J connectivity index is 1.46. The maximum atomic E-state index is 12.5. The third kappa shape index (κ3) is 3.50. The van der Waals surface area contributed by atoms with Gasteiger partial charge in [-0.1, -0.05) is 0 Å². The molecule has 0 aliphatic carbocycles. The number of furan rings is 1. The Morgan fingerprint density at radius 1 is 1.26 bits per heavy atom. The van der Waals surface area contributed by atoms with Crippen molar-refractivity contribution >= 4 is 34.0 Å². The fourth-order valence-corrected chi connectivity index (χ4v) is 3.93. The Morgan fingerprint density at radius 2 is 2.04 bits per heavy atom. The Bertz CT molecular complexity index is 1000.